The molecule has 0 unspecified atom stereocenters. The lowest BCUT2D eigenvalue weighted by Gasteiger charge is -2.19. The standard InChI is InChI=1S/C27H27N5O4/c1-31(2)16-22(33)32(3)20-12-10-19(11-13-20)29-24(17-8-6-5-7-9-17)23-25-21(30-26(23)34)14-18(15-28-25)27(35)36-4/h5-15,30,34H,16H2,1-4H3. The largest absolute Gasteiger partial charge is 0.494 e. The topological polar surface area (TPSA) is 111 Å². The van der Waals surface area contributed by atoms with E-state index in [4.69, 9.17) is 9.73 Å². The second kappa shape index (κ2) is 10.4. The summed E-state index contributed by atoms with van der Waals surface area (Å²) in [7, 11) is 6.73. The third-order valence-electron chi connectivity index (χ3n) is 5.62. The molecule has 2 aromatic carbocycles. The lowest BCUT2D eigenvalue weighted by atomic mass is 10.0. The van der Waals surface area contributed by atoms with E-state index >= 15 is 0 Å². The maximum Gasteiger partial charge on any atom is 0.339 e. The molecule has 36 heavy (non-hydrogen) atoms. The van der Waals surface area contributed by atoms with Crippen molar-refractivity contribution in [2.75, 3.05) is 39.7 Å². The van der Waals surface area contributed by atoms with E-state index in [2.05, 4.69) is 9.97 Å². The number of carbonyl (C=O) groups is 2. The summed E-state index contributed by atoms with van der Waals surface area (Å²) in [5.41, 5.74) is 4.27. The molecule has 1 amide bonds. The Hall–Kier alpha value is -4.50. The molecule has 0 atom stereocenters. The number of esters is 1. The minimum atomic E-state index is -0.522. The molecule has 4 aromatic rings. The molecule has 184 valence electrons. The molecule has 9 heteroatoms. The number of H-pyrrole nitrogens is 1. The van der Waals surface area contributed by atoms with Crippen LogP contribution in [0.4, 0.5) is 11.4 Å². The number of likely N-dealkylation sites (N-methyl/N-ethyl adjacent to an activating group) is 2. The molecule has 4 rings (SSSR count). The van der Waals surface area contributed by atoms with Gasteiger partial charge < -0.3 is 24.6 Å². The summed E-state index contributed by atoms with van der Waals surface area (Å²) in [6.45, 7) is 0.305. The van der Waals surface area contributed by atoms with Crippen molar-refractivity contribution in [2.24, 2.45) is 4.99 Å². The minimum absolute atomic E-state index is 0.0256. The zero-order chi connectivity index (χ0) is 25.8. The highest BCUT2D eigenvalue weighted by Gasteiger charge is 2.21. The van der Waals surface area contributed by atoms with Gasteiger partial charge in [0.1, 0.15) is 5.52 Å². The molecule has 2 heterocycles. The number of ether oxygens (including phenoxy) is 1. The molecule has 2 aromatic heterocycles. The van der Waals surface area contributed by atoms with Crippen LogP contribution in [0, 0.1) is 0 Å². The number of hydrogen-bond donors (Lipinski definition) is 2. The number of aromatic nitrogens is 2. The Labute approximate surface area is 208 Å². The zero-order valence-electron chi connectivity index (χ0n) is 20.5. The third kappa shape index (κ3) is 5.11. The van der Waals surface area contributed by atoms with Crippen molar-refractivity contribution in [3.63, 3.8) is 0 Å². The maximum atomic E-state index is 12.4. The van der Waals surface area contributed by atoms with E-state index in [1.54, 1.807) is 18.0 Å². The van der Waals surface area contributed by atoms with E-state index in [0.29, 0.717) is 34.5 Å². The molecular formula is C27H27N5O4. The van der Waals surface area contributed by atoms with E-state index in [9.17, 15) is 14.7 Å². The molecule has 0 saturated heterocycles. The summed E-state index contributed by atoms with van der Waals surface area (Å²) in [4.78, 5) is 39.9. The van der Waals surface area contributed by atoms with E-state index in [1.807, 2.05) is 73.6 Å². The van der Waals surface area contributed by atoms with Crippen molar-refractivity contribution in [3.05, 3.63) is 83.6 Å². The molecule has 0 spiro atoms. The van der Waals surface area contributed by atoms with Crippen LogP contribution < -0.4 is 4.90 Å². The number of anilines is 1. The molecule has 9 nitrogen and oxygen atoms in total. The zero-order valence-corrected chi connectivity index (χ0v) is 20.5. The smallest absolute Gasteiger partial charge is 0.339 e. The fourth-order valence-corrected chi connectivity index (χ4v) is 3.78. The first-order valence-corrected chi connectivity index (χ1v) is 11.2. The number of amides is 1. The summed E-state index contributed by atoms with van der Waals surface area (Å²) >= 11 is 0. The summed E-state index contributed by atoms with van der Waals surface area (Å²) in [6, 6.07) is 18.3. The summed E-state index contributed by atoms with van der Waals surface area (Å²) in [5.74, 6) is -0.666. The second-order valence-electron chi connectivity index (χ2n) is 8.49. The number of hydrogen-bond acceptors (Lipinski definition) is 7. The Morgan fingerprint density at radius 3 is 2.36 bits per heavy atom. The highest BCUT2D eigenvalue weighted by Crippen LogP contribution is 2.31. The lowest BCUT2D eigenvalue weighted by molar-refractivity contribution is -0.118. The van der Waals surface area contributed by atoms with Crippen LogP contribution in [-0.4, -0.2) is 72.4 Å². The highest BCUT2D eigenvalue weighted by molar-refractivity contribution is 6.21. The Bertz CT molecular complexity index is 1430. The SMILES string of the molecule is COC(=O)c1cnc2c(C(=Nc3ccc(N(C)C(=O)CN(C)C)cc3)c3ccccc3)c(O)[nH]c2c1. The summed E-state index contributed by atoms with van der Waals surface area (Å²) < 4.78 is 4.77. The number of aliphatic imine (C=N–C) groups is 1. The van der Waals surface area contributed by atoms with Gasteiger partial charge in [0.25, 0.3) is 0 Å². The van der Waals surface area contributed by atoms with Gasteiger partial charge in [0.15, 0.2) is 0 Å². The van der Waals surface area contributed by atoms with E-state index < -0.39 is 5.97 Å². The van der Waals surface area contributed by atoms with Crippen LogP contribution in [0.5, 0.6) is 5.88 Å². The molecule has 0 aliphatic rings. The number of fused-ring (bicyclic) bond motifs is 1. The van der Waals surface area contributed by atoms with Crippen LogP contribution in [0.3, 0.4) is 0 Å². The van der Waals surface area contributed by atoms with Gasteiger partial charge in [-0.3, -0.25) is 9.78 Å². The Balaban J connectivity index is 1.77. The number of pyridine rings is 1. The van der Waals surface area contributed by atoms with Crippen molar-refractivity contribution in [1.82, 2.24) is 14.9 Å². The number of nitrogens with zero attached hydrogens (tertiary/aromatic N) is 4. The molecule has 0 aliphatic carbocycles. The number of methoxy groups -OCH3 is 1. The molecular weight excluding hydrogens is 458 g/mol. The number of nitrogens with one attached hydrogen (secondary N) is 1. The lowest BCUT2D eigenvalue weighted by Crippen LogP contribution is -2.34. The molecule has 0 bridgehead atoms. The first-order chi connectivity index (χ1) is 17.3. The predicted octanol–water partition coefficient (Wildman–Crippen LogP) is 3.75. The van der Waals surface area contributed by atoms with Crippen molar-refractivity contribution in [3.8, 4) is 5.88 Å². The molecule has 2 N–H and O–H groups in total. The second-order valence-corrected chi connectivity index (χ2v) is 8.49. The maximum absolute atomic E-state index is 12.4. The van der Waals surface area contributed by atoms with Crippen molar-refractivity contribution < 1.29 is 19.4 Å². The van der Waals surface area contributed by atoms with Gasteiger partial charge >= 0.3 is 5.97 Å². The van der Waals surface area contributed by atoms with Crippen LogP contribution >= 0.6 is 0 Å². The number of benzene rings is 2. The van der Waals surface area contributed by atoms with Crippen molar-refractivity contribution >= 4 is 40.0 Å². The van der Waals surface area contributed by atoms with Crippen LogP contribution in [-0.2, 0) is 9.53 Å². The fourth-order valence-electron chi connectivity index (χ4n) is 3.78. The van der Waals surface area contributed by atoms with Crippen LogP contribution in [0.15, 0.2) is 71.9 Å². The van der Waals surface area contributed by atoms with Gasteiger partial charge in [0.2, 0.25) is 11.8 Å². The number of aromatic hydroxyl groups is 1. The van der Waals surface area contributed by atoms with E-state index in [1.165, 1.54) is 13.3 Å². The van der Waals surface area contributed by atoms with Crippen molar-refractivity contribution in [1.29, 1.82) is 0 Å². The highest BCUT2D eigenvalue weighted by atomic mass is 16.5. The number of rotatable bonds is 7. The first kappa shape index (κ1) is 24.6. The number of aromatic amines is 1. The quantitative estimate of drug-likeness (QED) is 0.305. The van der Waals surface area contributed by atoms with Gasteiger partial charge in [-0.25, -0.2) is 9.79 Å². The fraction of sp³-hybridized carbons (Fsp3) is 0.185. The first-order valence-electron chi connectivity index (χ1n) is 11.2. The van der Waals surface area contributed by atoms with Gasteiger partial charge in [-0.1, -0.05) is 30.3 Å². The van der Waals surface area contributed by atoms with Gasteiger partial charge in [0, 0.05) is 24.5 Å². The van der Waals surface area contributed by atoms with E-state index in [-0.39, 0.29) is 17.4 Å². The molecule has 0 fully saturated rings. The van der Waals surface area contributed by atoms with Crippen LogP contribution in [0.1, 0.15) is 21.5 Å². The van der Waals surface area contributed by atoms with Crippen LogP contribution in [0.25, 0.3) is 11.0 Å². The van der Waals surface area contributed by atoms with E-state index in [0.717, 1.165) is 11.3 Å². The van der Waals surface area contributed by atoms with Crippen LogP contribution in [0.2, 0.25) is 0 Å². The normalized spacial score (nSPS) is 11.6. The average Bonchev–Trinajstić information content (AvgIpc) is 3.21. The van der Waals surface area contributed by atoms with Crippen molar-refractivity contribution in [2.45, 2.75) is 0 Å². The summed E-state index contributed by atoms with van der Waals surface area (Å²) in [5, 5.41) is 10.8. The summed E-state index contributed by atoms with van der Waals surface area (Å²) in [6.07, 6.45) is 1.41. The molecule has 0 aliphatic heterocycles. The molecule has 0 saturated carbocycles. The minimum Gasteiger partial charge on any atom is -0.494 e. The Kier molecular flexibility index (Phi) is 7.12. The van der Waals surface area contributed by atoms with Gasteiger partial charge in [-0.15, -0.1) is 0 Å². The number of carbonyl (C=O) groups excluding carboxylic acids is 2. The molecule has 0 radical (unpaired) electrons. The van der Waals surface area contributed by atoms with Gasteiger partial charge in [-0.05, 0) is 44.4 Å². The monoisotopic (exact) mass is 485 g/mol. The Morgan fingerprint density at radius 1 is 1.03 bits per heavy atom. The predicted molar refractivity (Wildman–Crippen MR) is 139 cm³/mol. The Morgan fingerprint density at radius 2 is 1.72 bits per heavy atom. The van der Waals surface area contributed by atoms with Gasteiger partial charge in [0.05, 0.1) is 41.7 Å². The third-order valence-corrected chi connectivity index (χ3v) is 5.62. The average molecular weight is 486 g/mol. The van der Waals surface area contributed by atoms with Gasteiger partial charge in [-0.2, -0.15) is 0 Å².